The van der Waals surface area contributed by atoms with E-state index in [0.717, 1.165) is 17.5 Å². The fourth-order valence-corrected chi connectivity index (χ4v) is 2.79. The second-order valence-corrected chi connectivity index (χ2v) is 5.98. The number of hydrogen-bond acceptors (Lipinski definition) is 4. The summed E-state index contributed by atoms with van der Waals surface area (Å²) in [5.74, 6) is -0.926. The van der Waals surface area contributed by atoms with Crippen molar-refractivity contribution in [2.24, 2.45) is 0 Å². The van der Waals surface area contributed by atoms with Crippen LogP contribution in [0.2, 0.25) is 0 Å². The van der Waals surface area contributed by atoms with Crippen LogP contribution in [-0.4, -0.2) is 48.4 Å². The summed E-state index contributed by atoms with van der Waals surface area (Å²) in [5.41, 5.74) is 2.65. The Balaban J connectivity index is 1.93. The first-order valence-electron chi connectivity index (χ1n) is 8.25. The second kappa shape index (κ2) is 7.95. The number of nitrogens with zero attached hydrogens (tertiary/aromatic N) is 1. The van der Waals surface area contributed by atoms with E-state index in [-0.39, 0.29) is 24.3 Å². The van der Waals surface area contributed by atoms with Gasteiger partial charge in [-0.25, -0.2) is 4.79 Å². The number of carbonyl (C=O) groups is 3. The highest BCUT2D eigenvalue weighted by molar-refractivity contribution is 5.97. The zero-order chi connectivity index (χ0) is 17.7. The van der Waals surface area contributed by atoms with E-state index in [1.165, 1.54) is 4.90 Å². The average molecular weight is 332 g/mol. The molecule has 6 nitrogen and oxygen atoms in total. The SMILES string of the molecule is CCOC(=O)[C@H]1CCCN1C(=O)CNC(=O)c1ccc(C)c(C)c1. The summed E-state index contributed by atoms with van der Waals surface area (Å²) < 4.78 is 5.01. The maximum atomic E-state index is 12.3. The number of esters is 1. The van der Waals surface area contributed by atoms with Crippen LogP contribution < -0.4 is 5.32 Å². The molecule has 1 aliphatic heterocycles. The normalized spacial score (nSPS) is 16.8. The molecule has 0 radical (unpaired) electrons. The number of benzene rings is 1. The number of likely N-dealkylation sites (tertiary alicyclic amines) is 1. The molecule has 24 heavy (non-hydrogen) atoms. The Morgan fingerprint density at radius 3 is 2.67 bits per heavy atom. The molecule has 1 fully saturated rings. The van der Waals surface area contributed by atoms with Gasteiger partial charge in [-0.05, 0) is 56.9 Å². The van der Waals surface area contributed by atoms with Crippen molar-refractivity contribution in [3.63, 3.8) is 0 Å². The molecule has 130 valence electrons. The first-order valence-corrected chi connectivity index (χ1v) is 8.25. The van der Waals surface area contributed by atoms with Crippen LogP contribution in [0, 0.1) is 13.8 Å². The number of carbonyl (C=O) groups excluding carboxylic acids is 3. The molecule has 1 atom stereocenters. The Kier molecular flexibility index (Phi) is 5.95. The predicted molar refractivity (Wildman–Crippen MR) is 89.6 cm³/mol. The van der Waals surface area contributed by atoms with E-state index in [0.29, 0.717) is 25.1 Å². The topological polar surface area (TPSA) is 75.7 Å². The molecule has 1 heterocycles. The Morgan fingerprint density at radius 2 is 2.00 bits per heavy atom. The third-order valence-electron chi connectivity index (χ3n) is 4.30. The quantitative estimate of drug-likeness (QED) is 0.831. The number of nitrogens with one attached hydrogen (secondary N) is 1. The smallest absolute Gasteiger partial charge is 0.328 e. The number of hydrogen-bond donors (Lipinski definition) is 1. The van der Waals surface area contributed by atoms with Crippen molar-refractivity contribution in [2.75, 3.05) is 19.7 Å². The number of ether oxygens (including phenoxy) is 1. The van der Waals surface area contributed by atoms with E-state index in [1.54, 1.807) is 19.1 Å². The molecule has 1 aliphatic rings. The van der Waals surface area contributed by atoms with E-state index in [4.69, 9.17) is 4.74 Å². The average Bonchev–Trinajstić information content (AvgIpc) is 3.05. The molecule has 0 aromatic heterocycles. The molecule has 0 aliphatic carbocycles. The standard InChI is InChI=1S/C18H24N2O4/c1-4-24-18(23)15-6-5-9-20(15)16(21)11-19-17(22)14-8-7-12(2)13(3)10-14/h7-8,10,15H,4-6,9,11H2,1-3H3,(H,19,22)/t15-/m1/s1. The molecule has 0 unspecified atom stereocenters. The molecule has 2 rings (SSSR count). The molecular formula is C18H24N2O4. The molecule has 0 bridgehead atoms. The van der Waals surface area contributed by atoms with Crippen LogP contribution in [0.15, 0.2) is 18.2 Å². The first-order chi connectivity index (χ1) is 11.4. The zero-order valence-electron chi connectivity index (χ0n) is 14.4. The van der Waals surface area contributed by atoms with Gasteiger partial charge in [0.05, 0.1) is 13.2 Å². The van der Waals surface area contributed by atoms with Crippen molar-refractivity contribution in [1.29, 1.82) is 0 Å². The van der Waals surface area contributed by atoms with Crippen molar-refractivity contribution >= 4 is 17.8 Å². The summed E-state index contributed by atoms with van der Waals surface area (Å²) in [6, 6.07) is 4.88. The summed E-state index contributed by atoms with van der Waals surface area (Å²) in [6.07, 6.45) is 1.37. The minimum Gasteiger partial charge on any atom is -0.464 e. The fourth-order valence-electron chi connectivity index (χ4n) is 2.79. The first kappa shape index (κ1) is 18.0. The van der Waals surface area contributed by atoms with Gasteiger partial charge < -0.3 is 15.0 Å². The van der Waals surface area contributed by atoms with Gasteiger partial charge in [0.15, 0.2) is 0 Å². The summed E-state index contributed by atoms with van der Waals surface area (Å²) >= 11 is 0. The van der Waals surface area contributed by atoms with Crippen molar-refractivity contribution in [3.8, 4) is 0 Å². The summed E-state index contributed by atoms with van der Waals surface area (Å²) in [5, 5.41) is 2.63. The van der Waals surface area contributed by atoms with Crippen LogP contribution >= 0.6 is 0 Å². The van der Waals surface area contributed by atoms with Gasteiger partial charge >= 0.3 is 5.97 Å². The highest BCUT2D eigenvalue weighted by Crippen LogP contribution is 2.18. The van der Waals surface area contributed by atoms with E-state index in [2.05, 4.69) is 5.32 Å². The van der Waals surface area contributed by atoms with Crippen LogP contribution in [0.1, 0.15) is 41.3 Å². The van der Waals surface area contributed by atoms with Crippen molar-refractivity contribution in [3.05, 3.63) is 34.9 Å². The van der Waals surface area contributed by atoms with Crippen LogP contribution in [0.25, 0.3) is 0 Å². The lowest BCUT2D eigenvalue weighted by Gasteiger charge is -2.23. The predicted octanol–water partition coefficient (Wildman–Crippen LogP) is 1.59. The van der Waals surface area contributed by atoms with Gasteiger partial charge in [-0.2, -0.15) is 0 Å². The fraction of sp³-hybridized carbons (Fsp3) is 0.500. The molecule has 6 heteroatoms. The molecule has 1 aromatic rings. The Bertz CT molecular complexity index is 642. The van der Waals surface area contributed by atoms with Crippen LogP contribution in [0.5, 0.6) is 0 Å². The van der Waals surface area contributed by atoms with Crippen LogP contribution in [0.3, 0.4) is 0 Å². The van der Waals surface area contributed by atoms with Crippen molar-refractivity contribution in [1.82, 2.24) is 10.2 Å². The minimum absolute atomic E-state index is 0.123. The lowest BCUT2D eigenvalue weighted by molar-refractivity contribution is -0.152. The third-order valence-corrected chi connectivity index (χ3v) is 4.30. The van der Waals surface area contributed by atoms with Gasteiger partial charge in [0.25, 0.3) is 5.91 Å². The summed E-state index contributed by atoms with van der Waals surface area (Å²) in [6.45, 7) is 6.34. The van der Waals surface area contributed by atoms with E-state index < -0.39 is 6.04 Å². The van der Waals surface area contributed by atoms with Gasteiger partial charge in [-0.3, -0.25) is 9.59 Å². The van der Waals surface area contributed by atoms with E-state index in [9.17, 15) is 14.4 Å². The molecular weight excluding hydrogens is 308 g/mol. The summed E-state index contributed by atoms with van der Waals surface area (Å²) in [4.78, 5) is 37.9. The summed E-state index contributed by atoms with van der Waals surface area (Å²) in [7, 11) is 0. The lowest BCUT2D eigenvalue weighted by atomic mass is 10.1. The molecule has 1 aromatic carbocycles. The minimum atomic E-state index is -0.532. The van der Waals surface area contributed by atoms with Crippen molar-refractivity contribution < 1.29 is 19.1 Å². The highest BCUT2D eigenvalue weighted by Gasteiger charge is 2.34. The van der Waals surface area contributed by atoms with E-state index in [1.807, 2.05) is 19.9 Å². The number of amides is 2. The van der Waals surface area contributed by atoms with Crippen LogP contribution in [-0.2, 0) is 14.3 Å². The molecule has 1 saturated heterocycles. The lowest BCUT2D eigenvalue weighted by Crippen LogP contribution is -2.46. The molecule has 1 N–H and O–H groups in total. The maximum absolute atomic E-state index is 12.3. The number of rotatable bonds is 5. The highest BCUT2D eigenvalue weighted by atomic mass is 16.5. The molecule has 0 saturated carbocycles. The van der Waals surface area contributed by atoms with Gasteiger partial charge in [0, 0.05) is 12.1 Å². The van der Waals surface area contributed by atoms with Gasteiger partial charge in [-0.15, -0.1) is 0 Å². The van der Waals surface area contributed by atoms with Gasteiger partial charge in [-0.1, -0.05) is 6.07 Å². The zero-order valence-corrected chi connectivity index (χ0v) is 14.4. The number of aryl methyl sites for hydroxylation is 2. The Hall–Kier alpha value is -2.37. The Morgan fingerprint density at radius 1 is 1.25 bits per heavy atom. The van der Waals surface area contributed by atoms with Gasteiger partial charge in [0.1, 0.15) is 6.04 Å². The second-order valence-electron chi connectivity index (χ2n) is 5.98. The largest absolute Gasteiger partial charge is 0.464 e. The van der Waals surface area contributed by atoms with Crippen molar-refractivity contribution in [2.45, 2.75) is 39.7 Å². The Labute approximate surface area is 142 Å². The molecule has 0 spiro atoms. The van der Waals surface area contributed by atoms with E-state index >= 15 is 0 Å². The third kappa shape index (κ3) is 4.13. The monoisotopic (exact) mass is 332 g/mol. The van der Waals surface area contributed by atoms with Gasteiger partial charge in [0.2, 0.25) is 5.91 Å². The molecule has 2 amide bonds. The van der Waals surface area contributed by atoms with Crippen LogP contribution in [0.4, 0.5) is 0 Å². The maximum Gasteiger partial charge on any atom is 0.328 e.